The first-order valence-corrected chi connectivity index (χ1v) is 19.2. The van der Waals surface area contributed by atoms with Crippen LogP contribution in [0, 0.1) is 0 Å². The lowest BCUT2D eigenvalue weighted by Gasteiger charge is -2.42. The van der Waals surface area contributed by atoms with Crippen molar-refractivity contribution in [3.63, 3.8) is 0 Å². The number of fused-ring (bicyclic) bond motifs is 1. The number of carbonyl (C=O) groups excluding carboxylic acids is 3. The maximum atomic E-state index is 13.7. The van der Waals surface area contributed by atoms with E-state index in [0.717, 1.165) is 43.7 Å². The number of nitrogens with one attached hydrogen (secondary N) is 2. The van der Waals surface area contributed by atoms with Crippen molar-refractivity contribution in [2.75, 3.05) is 62.0 Å². The number of hydrogen-bond acceptors (Lipinski definition) is 12. The number of amides is 3. The Morgan fingerprint density at radius 2 is 1.78 bits per heavy atom. The summed E-state index contributed by atoms with van der Waals surface area (Å²) in [5.41, 5.74) is 4.52. The Bertz CT molecular complexity index is 2080. The Balaban J connectivity index is 0.927. The van der Waals surface area contributed by atoms with E-state index in [-0.39, 0.29) is 35.7 Å². The number of aromatic nitrogens is 4. The van der Waals surface area contributed by atoms with Crippen LogP contribution in [0.4, 0.5) is 17.2 Å². The fourth-order valence-corrected chi connectivity index (χ4v) is 8.34. The van der Waals surface area contributed by atoms with Crippen LogP contribution in [0.1, 0.15) is 56.9 Å². The summed E-state index contributed by atoms with van der Waals surface area (Å²) in [4.78, 5) is 46.5. The minimum absolute atomic E-state index is 0.0364. The van der Waals surface area contributed by atoms with E-state index in [2.05, 4.69) is 41.8 Å². The van der Waals surface area contributed by atoms with Gasteiger partial charge >= 0.3 is 0 Å². The molecule has 1 aliphatic carbocycles. The molecular formula is C40H48N10O5. The van der Waals surface area contributed by atoms with Gasteiger partial charge in [-0.05, 0) is 88.9 Å². The van der Waals surface area contributed by atoms with Crippen LogP contribution in [-0.4, -0.2) is 118 Å². The number of piperidine rings is 1. The van der Waals surface area contributed by atoms with Gasteiger partial charge in [-0.2, -0.15) is 5.10 Å². The van der Waals surface area contributed by atoms with Gasteiger partial charge in [0, 0.05) is 31.1 Å². The molecule has 0 radical (unpaired) electrons. The van der Waals surface area contributed by atoms with Gasteiger partial charge in [-0.3, -0.25) is 29.5 Å². The van der Waals surface area contributed by atoms with Crippen LogP contribution in [0.25, 0.3) is 16.9 Å². The number of benzene rings is 2. The lowest BCUT2D eigenvalue weighted by molar-refractivity contribution is -0.134. The number of imide groups is 1. The van der Waals surface area contributed by atoms with E-state index in [9.17, 15) is 19.5 Å². The lowest BCUT2D eigenvalue weighted by atomic mass is 9.80. The van der Waals surface area contributed by atoms with Crippen molar-refractivity contribution in [3.8, 4) is 28.4 Å². The zero-order valence-electron chi connectivity index (χ0n) is 31.5. The minimum atomic E-state index is -0.376. The smallest absolute Gasteiger partial charge is 0.249 e. The molecular weight excluding hydrogens is 701 g/mol. The summed E-state index contributed by atoms with van der Waals surface area (Å²) in [6, 6.07) is 15.0. The van der Waals surface area contributed by atoms with Crippen LogP contribution >= 0.6 is 0 Å². The summed E-state index contributed by atoms with van der Waals surface area (Å²) in [6.45, 7) is 4.77. The first-order chi connectivity index (χ1) is 26.6. The van der Waals surface area contributed by atoms with Gasteiger partial charge in [-0.15, -0.1) is 10.2 Å². The first-order valence-electron chi connectivity index (χ1n) is 19.2. The number of piperazine rings is 1. The number of nitrogens with zero attached hydrogens (tertiary/aromatic N) is 8. The maximum Gasteiger partial charge on any atom is 0.249 e. The van der Waals surface area contributed by atoms with Crippen molar-refractivity contribution >= 4 is 34.9 Å². The molecule has 2 saturated heterocycles. The van der Waals surface area contributed by atoms with Crippen molar-refractivity contribution in [2.24, 2.45) is 0 Å². The van der Waals surface area contributed by atoms with Gasteiger partial charge in [0.15, 0.2) is 5.82 Å². The van der Waals surface area contributed by atoms with Gasteiger partial charge in [0.1, 0.15) is 29.8 Å². The molecule has 3 amide bonds. The van der Waals surface area contributed by atoms with Gasteiger partial charge in [-0.25, -0.2) is 4.68 Å². The highest BCUT2D eigenvalue weighted by Crippen LogP contribution is 2.45. The predicted octanol–water partition coefficient (Wildman–Crippen LogP) is 3.73. The van der Waals surface area contributed by atoms with Crippen LogP contribution in [0.5, 0.6) is 11.5 Å². The van der Waals surface area contributed by atoms with Crippen LogP contribution in [0.15, 0.2) is 60.9 Å². The summed E-state index contributed by atoms with van der Waals surface area (Å²) in [7, 11) is 3.93. The third kappa shape index (κ3) is 7.33. The third-order valence-electron chi connectivity index (χ3n) is 11.6. The second kappa shape index (κ2) is 15.3. The van der Waals surface area contributed by atoms with Crippen molar-refractivity contribution in [3.05, 3.63) is 66.5 Å². The Morgan fingerprint density at radius 3 is 2.55 bits per heavy atom. The summed E-state index contributed by atoms with van der Waals surface area (Å²) in [6.07, 6.45) is 8.27. The van der Waals surface area contributed by atoms with E-state index in [1.54, 1.807) is 29.1 Å². The van der Waals surface area contributed by atoms with Gasteiger partial charge in [0.25, 0.3) is 0 Å². The average Bonchev–Trinajstić information content (AvgIpc) is 3.68. The molecule has 15 nitrogen and oxygen atoms in total. The molecule has 4 aromatic rings. The molecule has 15 heteroatoms. The molecule has 3 fully saturated rings. The molecule has 2 atom stereocenters. The average molecular weight is 749 g/mol. The number of phenols is 1. The second-order valence-electron chi connectivity index (χ2n) is 15.1. The van der Waals surface area contributed by atoms with Gasteiger partial charge in [0.2, 0.25) is 17.7 Å². The third-order valence-corrected chi connectivity index (χ3v) is 11.6. The van der Waals surface area contributed by atoms with E-state index in [1.807, 2.05) is 61.3 Å². The van der Waals surface area contributed by atoms with E-state index in [4.69, 9.17) is 4.74 Å². The number of anilines is 3. The molecule has 1 saturated carbocycles. The number of ether oxygens (including phenoxy) is 1. The highest BCUT2D eigenvalue weighted by atomic mass is 16.5. The normalized spacial score (nSPS) is 22.6. The molecule has 2 aromatic heterocycles. The fraction of sp³-hybridized carbons (Fsp3) is 0.450. The molecule has 5 heterocycles. The quantitative estimate of drug-likeness (QED) is 0.168. The Hall–Kier alpha value is -5.54. The van der Waals surface area contributed by atoms with E-state index >= 15 is 0 Å². The summed E-state index contributed by atoms with van der Waals surface area (Å²) >= 11 is 0. The van der Waals surface area contributed by atoms with Gasteiger partial charge in [0.05, 0.1) is 48.7 Å². The second-order valence-corrected chi connectivity index (χ2v) is 15.1. The zero-order valence-corrected chi connectivity index (χ0v) is 31.5. The molecule has 0 bridgehead atoms. The molecule has 288 valence electrons. The molecule has 3 aliphatic heterocycles. The molecule has 2 unspecified atom stereocenters. The van der Waals surface area contributed by atoms with Crippen molar-refractivity contribution < 1.29 is 24.2 Å². The number of hydrogen-bond donors (Lipinski definition) is 3. The maximum absolute atomic E-state index is 13.7. The molecule has 55 heavy (non-hydrogen) atoms. The highest BCUT2D eigenvalue weighted by Gasteiger charge is 2.38. The summed E-state index contributed by atoms with van der Waals surface area (Å²) in [5.74, 6) is 1.40. The molecule has 8 rings (SSSR count). The van der Waals surface area contributed by atoms with Crippen LogP contribution in [0.3, 0.4) is 0 Å². The number of aromatic hydroxyl groups is 1. The standard InChI is InChI=1S/C40H48N10O5/c1-25(46(2)3)42-39-34(21-31(44-45-39)30-7-4-5-10-35(30)51)50-23-28(22-41-50)48-18-17-47(24-37(48)53)27-13-11-26(12-14-27)29-8-6-9-32-38(29)55-20-19-49(32)33-15-16-36(52)43-40(33)54/h4-10,21-23,25-27,33,51H,11-20,24H2,1-3H3,(H,42,45)(H,43,52,54). The summed E-state index contributed by atoms with van der Waals surface area (Å²) < 4.78 is 7.96. The van der Waals surface area contributed by atoms with Crippen molar-refractivity contribution in [1.29, 1.82) is 0 Å². The SMILES string of the molecule is CC(Nc1nnc(-c2ccccc2O)cc1-n1cc(N2CCN(C3CCC(c4cccc5c4OCCN5C4CCC(=O)NC4=O)CC3)CC2=O)cn1)N(C)C. The predicted molar refractivity (Wildman–Crippen MR) is 207 cm³/mol. The van der Waals surface area contributed by atoms with Crippen LogP contribution in [0.2, 0.25) is 0 Å². The Morgan fingerprint density at radius 1 is 0.964 bits per heavy atom. The highest BCUT2D eigenvalue weighted by molar-refractivity contribution is 6.02. The zero-order chi connectivity index (χ0) is 38.2. The van der Waals surface area contributed by atoms with E-state index in [1.165, 1.54) is 5.56 Å². The van der Waals surface area contributed by atoms with Crippen molar-refractivity contribution in [2.45, 2.75) is 69.6 Å². The number of rotatable bonds is 9. The number of carbonyl (C=O) groups is 3. The summed E-state index contributed by atoms with van der Waals surface area (Å²) in [5, 5.41) is 30.0. The molecule has 0 spiro atoms. The van der Waals surface area contributed by atoms with E-state index < -0.39 is 0 Å². The fourth-order valence-electron chi connectivity index (χ4n) is 8.34. The van der Waals surface area contributed by atoms with Gasteiger partial charge < -0.3 is 25.0 Å². The number of phenolic OH excluding ortho intramolecular Hbond substituents is 1. The van der Waals surface area contributed by atoms with Crippen molar-refractivity contribution in [1.82, 2.24) is 35.1 Å². The topological polar surface area (TPSA) is 161 Å². The van der Waals surface area contributed by atoms with Crippen LogP contribution in [-0.2, 0) is 14.4 Å². The molecule has 2 aromatic carbocycles. The van der Waals surface area contributed by atoms with Crippen LogP contribution < -0.4 is 25.2 Å². The number of para-hydroxylation sites is 2. The Labute approximate surface area is 320 Å². The minimum Gasteiger partial charge on any atom is -0.507 e. The first kappa shape index (κ1) is 36.4. The monoisotopic (exact) mass is 748 g/mol. The largest absolute Gasteiger partial charge is 0.507 e. The molecule has 4 aliphatic rings. The van der Waals surface area contributed by atoms with E-state index in [0.29, 0.717) is 79.5 Å². The lowest BCUT2D eigenvalue weighted by Crippen LogP contribution is -2.54. The van der Waals surface area contributed by atoms with Gasteiger partial charge in [-0.1, -0.05) is 24.3 Å². The molecule has 3 N–H and O–H groups in total. The Kier molecular flexibility index (Phi) is 10.1.